The molecule has 2 fully saturated rings. The van der Waals surface area contributed by atoms with E-state index in [0.717, 1.165) is 56.3 Å². The van der Waals surface area contributed by atoms with Gasteiger partial charge >= 0.3 is 6.03 Å². The Labute approximate surface area is 237 Å². The van der Waals surface area contributed by atoms with Crippen molar-refractivity contribution < 1.29 is 28.9 Å². The van der Waals surface area contributed by atoms with Gasteiger partial charge < -0.3 is 29.1 Å². The van der Waals surface area contributed by atoms with Crippen LogP contribution in [0.15, 0.2) is 36.4 Å². The minimum absolute atomic E-state index is 0.0362. The number of amides is 3. The van der Waals surface area contributed by atoms with Crippen molar-refractivity contribution in [2.75, 3.05) is 58.5 Å². The largest absolute Gasteiger partial charge is 0.496 e. The van der Waals surface area contributed by atoms with Crippen LogP contribution in [0, 0.1) is 5.92 Å². The van der Waals surface area contributed by atoms with E-state index in [4.69, 9.17) is 14.2 Å². The molecule has 2 heterocycles. The predicted octanol–water partition coefficient (Wildman–Crippen LogP) is 4.49. The van der Waals surface area contributed by atoms with E-state index in [2.05, 4.69) is 6.92 Å². The number of ether oxygens (including phenoxy) is 3. The fraction of sp³-hybridized carbons (Fsp3) is 0.548. The van der Waals surface area contributed by atoms with Crippen LogP contribution in [-0.4, -0.2) is 80.5 Å². The highest BCUT2D eigenvalue weighted by Crippen LogP contribution is 2.34. The van der Waals surface area contributed by atoms with Crippen molar-refractivity contribution in [1.29, 1.82) is 0 Å². The number of methoxy groups -OCH3 is 2. The van der Waals surface area contributed by atoms with Crippen LogP contribution in [0.2, 0.25) is 0 Å². The molecule has 1 unspecified atom stereocenters. The second kappa shape index (κ2) is 14.3. The van der Waals surface area contributed by atoms with Gasteiger partial charge in [0.05, 0.1) is 33.8 Å². The van der Waals surface area contributed by atoms with Gasteiger partial charge in [0.25, 0.3) is 0 Å². The Morgan fingerprint density at radius 1 is 0.975 bits per heavy atom. The van der Waals surface area contributed by atoms with Crippen LogP contribution in [0.25, 0.3) is 0 Å². The van der Waals surface area contributed by atoms with Crippen LogP contribution >= 0.6 is 0 Å². The molecular weight excluding hydrogens is 510 g/mol. The minimum Gasteiger partial charge on any atom is -0.496 e. The van der Waals surface area contributed by atoms with Crippen molar-refractivity contribution in [2.45, 2.75) is 52.0 Å². The van der Waals surface area contributed by atoms with Crippen molar-refractivity contribution in [2.24, 2.45) is 5.92 Å². The van der Waals surface area contributed by atoms with Gasteiger partial charge in [-0.15, -0.1) is 0 Å². The zero-order chi connectivity index (χ0) is 28.5. The molecule has 2 aliphatic rings. The standard InChI is InChI=1S/C31H43N3O6/c1-4-5-8-15-40-29-18-26(11-12-27(29)38-2)34-20-24(22-35)19-33(31(34)37)21-25-10-9-23(16-28(25)39-3)17-30(36)32-13-6-7-14-32/h9-12,16,18,24,35H,4-8,13-15,17,19-22H2,1-3H3. The lowest BCUT2D eigenvalue weighted by atomic mass is 10.0. The van der Waals surface area contributed by atoms with Crippen molar-refractivity contribution in [3.8, 4) is 17.2 Å². The number of aliphatic hydroxyl groups excluding tert-OH is 1. The lowest BCUT2D eigenvalue weighted by Crippen LogP contribution is -2.54. The van der Waals surface area contributed by atoms with Crippen molar-refractivity contribution in [3.63, 3.8) is 0 Å². The summed E-state index contributed by atoms with van der Waals surface area (Å²) in [6.07, 6.45) is 5.59. The van der Waals surface area contributed by atoms with Gasteiger partial charge in [-0.05, 0) is 43.0 Å². The number of aliphatic hydroxyl groups is 1. The molecule has 0 aliphatic carbocycles. The minimum atomic E-state index is -0.151. The van der Waals surface area contributed by atoms with E-state index < -0.39 is 0 Å². The topological polar surface area (TPSA) is 91.8 Å². The second-order valence-corrected chi connectivity index (χ2v) is 10.6. The summed E-state index contributed by atoms with van der Waals surface area (Å²) in [5.41, 5.74) is 2.44. The molecule has 2 aliphatic heterocycles. The number of benzene rings is 2. The van der Waals surface area contributed by atoms with E-state index in [-0.39, 0.29) is 24.5 Å². The molecule has 0 bridgehead atoms. The molecule has 218 valence electrons. The fourth-order valence-corrected chi connectivity index (χ4v) is 5.39. The van der Waals surface area contributed by atoms with E-state index in [1.165, 1.54) is 0 Å². The number of carbonyl (C=O) groups excluding carboxylic acids is 2. The van der Waals surface area contributed by atoms with Crippen LogP contribution in [0.4, 0.5) is 10.5 Å². The molecule has 2 aromatic rings. The van der Waals surface area contributed by atoms with Crippen LogP contribution in [0.3, 0.4) is 0 Å². The summed E-state index contributed by atoms with van der Waals surface area (Å²) < 4.78 is 17.2. The van der Waals surface area contributed by atoms with E-state index in [1.807, 2.05) is 41.3 Å². The molecule has 0 saturated carbocycles. The smallest absolute Gasteiger partial charge is 0.324 e. The molecule has 4 rings (SSSR count). The first-order chi connectivity index (χ1) is 19.5. The lowest BCUT2D eigenvalue weighted by molar-refractivity contribution is -0.129. The highest BCUT2D eigenvalue weighted by Gasteiger charge is 2.33. The molecule has 0 spiro atoms. The van der Waals surface area contributed by atoms with Crippen molar-refractivity contribution in [1.82, 2.24) is 9.80 Å². The average molecular weight is 554 g/mol. The van der Waals surface area contributed by atoms with Gasteiger partial charge in [-0.25, -0.2) is 4.79 Å². The number of nitrogens with zero attached hydrogens (tertiary/aromatic N) is 3. The molecule has 9 nitrogen and oxygen atoms in total. The van der Waals surface area contributed by atoms with Gasteiger partial charge in [0, 0.05) is 56.0 Å². The fourth-order valence-electron chi connectivity index (χ4n) is 5.39. The highest BCUT2D eigenvalue weighted by molar-refractivity contribution is 5.93. The SMILES string of the molecule is CCCCCOc1cc(N2CC(CO)CN(Cc3ccc(CC(=O)N4CCCC4)cc3OC)C2=O)ccc1OC. The quantitative estimate of drug-likeness (QED) is 0.368. The van der Waals surface area contributed by atoms with Gasteiger partial charge in [0.2, 0.25) is 5.91 Å². The van der Waals surface area contributed by atoms with E-state index in [9.17, 15) is 14.7 Å². The normalized spacial score (nSPS) is 17.4. The van der Waals surface area contributed by atoms with Gasteiger partial charge in [-0.1, -0.05) is 31.9 Å². The zero-order valence-electron chi connectivity index (χ0n) is 24.1. The first-order valence-corrected chi connectivity index (χ1v) is 14.4. The molecule has 2 saturated heterocycles. The third-order valence-corrected chi connectivity index (χ3v) is 7.67. The van der Waals surface area contributed by atoms with E-state index in [1.54, 1.807) is 24.0 Å². The molecule has 0 aromatic heterocycles. The number of hydrogen-bond donors (Lipinski definition) is 1. The first kappa shape index (κ1) is 29.5. The number of rotatable bonds is 13. The van der Waals surface area contributed by atoms with Gasteiger partial charge in [0.15, 0.2) is 11.5 Å². The molecular formula is C31H43N3O6. The Morgan fingerprint density at radius 3 is 2.45 bits per heavy atom. The Kier molecular flexibility index (Phi) is 10.5. The molecule has 3 amide bonds. The Morgan fingerprint density at radius 2 is 1.75 bits per heavy atom. The molecule has 0 radical (unpaired) electrons. The maximum atomic E-state index is 13.7. The summed E-state index contributed by atoms with van der Waals surface area (Å²) in [5.74, 6) is 1.88. The van der Waals surface area contributed by atoms with Crippen LogP contribution in [-0.2, 0) is 17.8 Å². The number of likely N-dealkylation sites (tertiary alicyclic amines) is 1. The molecule has 1 N–H and O–H groups in total. The van der Waals surface area contributed by atoms with Gasteiger partial charge in [0.1, 0.15) is 5.75 Å². The van der Waals surface area contributed by atoms with E-state index in [0.29, 0.717) is 55.6 Å². The van der Waals surface area contributed by atoms with Crippen molar-refractivity contribution >= 4 is 17.6 Å². The van der Waals surface area contributed by atoms with Crippen LogP contribution in [0.1, 0.15) is 50.2 Å². The maximum absolute atomic E-state index is 13.7. The maximum Gasteiger partial charge on any atom is 0.324 e. The van der Waals surface area contributed by atoms with Gasteiger partial charge in [-0.3, -0.25) is 9.69 Å². The molecule has 9 heteroatoms. The van der Waals surface area contributed by atoms with Gasteiger partial charge in [-0.2, -0.15) is 0 Å². The number of urea groups is 1. The van der Waals surface area contributed by atoms with Crippen LogP contribution < -0.4 is 19.1 Å². The predicted molar refractivity (Wildman–Crippen MR) is 154 cm³/mol. The third kappa shape index (κ3) is 7.18. The Balaban J connectivity index is 1.50. The third-order valence-electron chi connectivity index (χ3n) is 7.67. The molecule has 2 aromatic carbocycles. The summed E-state index contributed by atoms with van der Waals surface area (Å²) >= 11 is 0. The van der Waals surface area contributed by atoms with Crippen molar-refractivity contribution in [3.05, 3.63) is 47.5 Å². The summed E-state index contributed by atoms with van der Waals surface area (Å²) in [6, 6.07) is 11.1. The van der Waals surface area contributed by atoms with E-state index >= 15 is 0 Å². The molecule has 40 heavy (non-hydrogen) atoms. The highest BCUT2D eigenvalue weighted by atomic mass is 16.5. The zero-order valence-corrected chi connectivity index (χ0v) is 24.1. The Bertz CT molecular complexity index is 1150. The Hall–Kier alpha value is -3.46. The summed E-state index contributed by atoms with van der Waals surface area (Å²) in [4.78, 5) is 31.7. The van der Waals surface area contributed by atoms with Crippen LogP contribution in [0.5, 0.6) is 17.2 Å². The summed E-state index contributed by atoms with van der Waals surface area (Å²) in [6.45, 7) is 5.50. The first-order valence-electron chi connectivity index (χ1n) is 14.4. The number of anilines is 1. The molecule has 1 atom stereocenters. The number of hydrogen-bond acceptors (Lipinski definition) is 6. The average Bonchev–Trinajstić information content (AvgIpc) is 3.52. The number of carbonyl (C=O) groups is 2. The lowest BCUT2D eigenvalue weighted by Gasteiger charge is -2.40. The number of unbranched alkanes of at least 4 members (excludes halogenated alkanes) is 2. The second-order valence-electron chi connectivity index (χ2n) is 10.6. The monoisotopic (exact) mass is 553 g/mol. The summed E-state index contributed by atoms with van der Waals surface area (Å²) in [7, 11) is 3.20. The summed E-state index contributed by atoms with van der Waals surface area (Å²) in [5, 5.41) is 10.1.